The Morgan fingerprint density at radius 2 is 1.73 bits per heavy atom. The number of piperazine rings is 1. The van der Waals surface area contributed by atoms with Gasteiger partial charge in [0.25, 0.3) is 0 Å². The molecule has 0 atom stereocenters. The van der Waals surface area contributed by atoms with E-state index in [1.54, 1.807) is 11.3 Å². The zero-order chi connectivity index (χ0) is 17.8. The Bertz CT molecular complexity index is 837. The maximum absolute atomic E-state index is 5.57. The Kier molecular flexibility index (Phi) is 5.43. The van der Waals surface area contributed by atoms with Gasteiger partial charge in [-0.05, 0) is 29.9 Å². The van der Waals surface area contributed by atoms with Crippen molar-refractivity contribution in [1.29, 1.82) is 0 Å². The number of hydrogen-bond acceptors (Lipinski definition) is 4. The largest absolute Gasteiger partial charge is 0.358 e. The van der Waals surface area contributed by atoms with E-state index in [9.17, 15) is 0 Å². The molecule has 0 unspecified atom stereocenters. The summed E-state index contributed by atoms with van der Waals surface area (Å²) in [5.41, 5.74) is 2.36. The first-order valence-corrected chi connectivity index (χ1v) is 10.1. The monoisotopic (exact) mass is 382 g/mol. The number of thiazole rings is 1. The first-order valence-electron chi connectivity index (χ1n) is 8.91. The van der Waals surface area contributed by atoms with Gasteiger partial charge in [0.15, 0.2) is 5.11 Å². The molecule has 0 radical (unpaired) electrons. The standard InChI is InChI=1S/C20H22N4S2/c25-20(21-14-16-6-2-1-3-7-16)24-12-10-23(11-13-24)15-19-22-17-8-4-5-9-18(17)26-19/h1-9H,10-15H2,(H,21,25). The van der Waals surface area contributed by atoms with Crippen molar-refractivity contribution in [3.63, 3.8) is 0 Å². The van der Waals surface area contributed by atoms with E-state index in [2.05, 4.69) is 57.6 Å². The van der Waals surface area contributed by atoms with Crippen molar-refractivity contribution in [3.05, 3.63) is 65.2 Å². The van der Waals surface area contributed by atoms with E-state index in [0.29, 0.717) is 0 Å². The number of para-hydroxylation sites is 1. The summed E-state index contributed by atoms with van der Waals surface area (Å²) in [5.74, 6) is 0. The second kappa shape index (κ2) is 8.12. The van der Waals surface area contributed by atoms with Crippen molar-refractivity contribution in [2.45, 2.75) is 13.1 Å². The van der Waals surface area contributed by atoms with E-state index in [1.807, 2.05) is 12.1 Å². The predicted molar refractivity (Wildman–Crippen MR) is 112 cm³/mol. The van der Waals surface area contributed by atoms with Crippen LogP contribution in [0.15, 0.2) is 54.6 Å². The normalized spacial score (nSPS) is 15.3. The van der Waals surface area contributed by atoms with Crippen LogP contribution in [0.4, 0.5) is 0 Å². The second-order valence-electron chi connectivity index (χ2n) is 6.48. The average molecular weight is 383 g/mol. The molecule has 0 saturated carbocycles. The summed E-state index contributed by atoms with van der Waals surface area (Å²) in [6.07, 6.45) is 0. The van der Waals surface area contributed by atoms with Crippen LogP contribution in [0, 0.1) is 0 Å². The molecule has 2 heterocycles. The lowest BCUT2D eigenvalue weighted by Crippen LogP contribution is -2.51. The van der Waals surface area contributed by atoms with Gasteiger partial charge in [-0.15, -0.1) is 11.3 Å². The molecule has 4 rings (SSSR count). The van der Waals surface area contributed by atoms with Gasteiger partial charge in [-0.25, -0.2) is 4.98 Å². The molecular formula is C20H22N4S2. The summed E-state index contributed by atoms with van der Waals surface area (Å²) < 4.78 is 1.27. The van der Waals surface area contributed by atoms with Crippen LogP contribution in [0.5, 0.6) is 0 Å². The Balaban J connectivity index is 1.26. The molecule has 26 heavy (non-hydrogen) atoms. The molecule has 1 aliphatic heterocycles. The van der Waals surface area contributed by atoms with Gasteiger partial charge in [-0.1, -0.05) is 42.5 Å². The van der Waals surface area contributed by atoms with Gasteiger partial charge in [-0.3, -0.25) is 4.90 Å². The number of hydrogen-bond donors (Lipinski definition) is 1. The quantitative estimate of drug-likeness (QED) is 0.698. The Morgan fingerprint density at radius 3 is 2.50 bits per heavy atom. The van der Waals surface area contributed by atoms with E-state index in [-0.39, 0.29) is 0 Å². The Labute approximate surface area is 163 Å². The fourth-order valence-electron chi connectivity index (χ4n) is 3.17. The minimum absolute atomic E-state index is 0.783. The van der Waals surface area contributed by atoms with Gasteiger partial charge in [-0.2, -0.15) is 0 Å². The molecule has 0 aliphatic carbocycles. The first-order chi connectivity index (χ1) is 12.8. The van der Waals surface area contributed by atoms with Crippen molar-refractivity contribution in [3.8, 4) is 0 Å². The van der Waals surface area contributed by atoms with Gasteiger partial charge < -0.3 is 10.2 Å². The molecule has 134 valence electrons. The molecule has 3 aromatic rings. The highest BCUT2D eigenvalue weighted by molar-refractivity contribution is 7.80. The maximum Gasteiger partial charge on any atom is 0.169 e. The van der Waals surface area contributed by atoms with E-state index in [0.717, 1.165) is 49.9 Å². The van der Waals surface area contributed by atoms with Crippen LogP contribution in [0.2, 0.25) is 0 Å². The van der Waals surface area contributed by atoms with Crippen molar-refractivity contribution in [2.24, 2.45) is 0 Å². The van der Waals surface area contributed by atoms with Gasteiger partial charge in [0.1, 0.15) is 5.01 Å². The molecule has 2 aromatic carbocycles. The lowest BCUT2D eigenvalue weighted by molar-refractivity contribution is 0.174. The molecular weight excluding hydrogens is 360 g/mol. The SMILES string of the molecule is S=C(NCc1ccccc1)N1CCN(Cc2nc3ccccc3s2)CC1. The van der Waals surface area contributed by atoms with Crippen LogP contribution in [-0.4, -0.2) is 46.1 Å². The fraction of sp³-hybridized carbons (Fsp3) is 0.300. The molecule has 1 fully saturated rings. The van der Waals surface area contributed by atoms with Crippen LogP contribution in [0.25, 0.3) is 10.2 Å². The summed E-state index contributed by atoms with van der Waals surface area (Å²) in [6.45, 7) is 5.67. The van der Waals surface area contributed by atoms with Crippen LogP contribution in [0.1, 0.15) is 10.6 Å². The van der Waals surface area contributed by atoms with E-state index < -0.39 is 0 Å². The number of fused-ring (bicyclic) bond motifs is 1. The van der Waals surface area contributed by atoms with Crippen LogP contribution in [0.3, 0.4) is 0 Å². The number of benzene rings is 2. The molecule has 0 spiro atoms. The second-order valence-corrected chi connectivity index (χ2v) is 7.98. The van der Waals surface area contributed by atoms with E-state index >= 15 is 0 Å². The van der Waals surface area contributed by atoms with Crippen molar-refractivity contribution < 1.29 is 0 Å². The summed E-state index contributed by atoms with van der Waals surface area (Å²) >= 11 is 7.37. The Hall–Kier alpha value is -2.02. The van der Waals surface area contributed by atoms with Gasteiger partial charge in [0.05, 0.1) is 16.8 Å². The predicted octanol–water partition coefficient (Wildman–Crippen LogP) is 3.49. The molecule has 4 nitrogen and oxygen atoms in total. The topological polar surface area (TPSA) is 31.4 Å². The smallest absolute Gasteiger partial charge is 0.169 e. The third-order valence-corrected chi connectivity index (χ3v) is 6.07. The lowest BCUT2D eigenvalue weighted by Gasteiger charge is -2.35. The molecule has 6 heteroatoms. The zero-order valence-electron chi connectivity index (χ0n) is 14.6. The van der Waals surface area contributed by atoms with Gasteiger partial charge in [0.2, 0.25) is 0 Å². The highest BCUT2D eigenvalue weighted by atomic mass is 32.1. The molecule has 1 aromatic heterocycles. The molecule has 0 bridgehead atoms. The molecule has 1 N–H and O–H groups in total. The summed E-state index contributed by atoms with van der Waals surface area (Å²) in [4.78, 5) is 9.49. The number of rotatable bonds is 4. The molecule has 1 aliphatic rings. The average Bonchev–Trinajstić information content (AvgIpc) is 3.10. The number of aromatic nitrogens is 1. The minimum atomic E-state index is 0.783. The first kappa shape index (κ1) is 17.4. The molecule has 1 saturated heterocycles. The number of thiocarbonyl (C=S) groups is 1. The van der Waals surface area contributed by atoms with Crippen molar-refractivity contribution in [2.75, 3.05) is 26.2 Å². The van der Waals surface area contributed by atoms with Gasteiger partial charge in [0, 0.05) is 32.7 Å². The summed E-state index contributed by atoms with van der Waals surface area (Å²) in [7, 11) is 0. The molecule has 0 amide bonds. The van der Waals surface area contributed by atoms with E-state index in [1.165, 1.54) is 15.3 Å². The summed E-state index contributed by atoms with van der Waals surface area (Å²) in [5, 5.41) is 5.43. The highest BCUT2D eigenvalue weighted by Gasteiger charge is 2.19. The fourth-order valence-corrected chi connectivity index (χ4v) is 4.44. The third kappa shape index (κ3) is 4.20. The zero-order valence-corrected chi connectivity index (χ0v) is 16.2. The summed E-state index contributed by atoms with van der Waals surface area (Å²) in [6, 6.07) is 18.7. The van der Waals surface area contributed by atoms with Crippen molar-refractivity contribution >= 4 is 38.9 Å². The number of nitrogens with one attached hydrogen (secondary N) is 1. The Morgan fingerprint density at radius 1 is 1.00 bits per heavy atom. The van der Waals surface area contributed by atoms with Crippen LogP contribution < -0.4 is 5.32 Å². The third-order valence-electron chi connectivity index (χ3n) is 4.64. The van der Waals surface area contributed by atoms with Crippen LogP contribution in [-0.2, 0) is 13.1 Å². The van der Waals surface area contributed by atoms with E-state index in [4.69, 9.17) is 17.2 Å². The minimum Gasteiger partial charge on any atom is -0.358 e. The lowest BCUT2D eigenvalue weighted by atomic mass is 10.2. The maximum atomic E-state index is 5.57. The van der Waals surface area contributed by atoms with Gasteiger partial charge >= 0.3 is 0 Å². The highest BCUT2D eigenvalue weighted by Crippen LogP contribution is 2.23. The number of nitrogens with zero attached hydrogens (tertiary/aromatic N) is 3. The van der Waals surface area contributed by atoms with Crippen molar-refractivity contribution in [1.82, 2.24) is 20.1 Å². The van der Waals surface area contributed by atoms with Crippen LogP contribution >= 0.6 is 23.6 Å².